The minimum Gasteiger partial charge on any atom is -0.321 e. The standard InChI is InChI=1S/C20H22ClN5O/c1-3-18-19(24-25-26(18)17-10-6-8-15(21)12-17)20(27)23-16-9-5-7-14(11-16)13-22-4-2/h5-12,22H,3-4,13H2,1-2H3,(H,23,27). The molecule has 0 unspecified atom stereocenters. The summed E-state index contributed by atoms with van der Waals surface area (Å²) in [6.07, 6.45) is 0.614. The number of nitrogens with zero attached hydrogens (tertiary/aromatic N) is 3. The highest BCUT2D eigenvalue weighted by atomic mass is 35.5. The molecule has 2 N–H and O–H groups in total. The van der Waals surface area contributed by atoms with Crippen LogP contribution in [0.1, 0.15) is 35.6 Å². The van der Waals surface area contributed by atoms with Gasteiger partial charge in [-0.15, -0.1) is 5.10 Å². The zero-order valence-corrected chi connectivity index (χ0v) is 16.1. The van der Waals surface area contributed by atoms with Gasteiger partial charge in [0.25, 0.3) is 5.91 Å². The largest absolute Gasteiger partial charge is 0.321 e. The van der Waals surface area contributed by atoms with Gasteiger partial charge in [-0.1, -0.05) is 48.9 Å². The van der Waals surface area contributed by atoms with Crippen molar-refractivity contribution in [3.8, 4) is 5.69 Å². The van der Waals surface area contributed by atoms with Crippen molar-refractivity contribution in [1.29, 1.82) is 0 Å². The predicted octanol–water partition coefficient (Wildman–Crippen LogP) is 3.84. The zero-order valence-electron chi connectivity index (χ0n) is 15.4. The number of benzene rings is 2. The van der Waals surface area contributed by atoms with Gasteiger partial charge in [0.05, 0.1) is 11.4 Å². The normalized spacial score (nSPS) is 10.8. The van der Waals surface area contributed by atoms with E-state index in [9.17, 15) is 4.79 Å². The van der Waals surface area contributed by atoms with Gasteiger partial charge in [-0.2, -0.15) is 0 Å². The molecule has 27 heavy (non-hydrogen) atoms. The van der Waals surface area contributed by atoms with Crippen LogP contribution in [-0.4, -0.2) is 27.4 Å². The highest BCUT2D eigenvalue weighted by molar-refractivity contribution is 6.30. The van der Waals surface area contributed by atoms with Gasteiger partial charge in [0.15, 0.2) is 5.69 Å². The molecule has 2 aromatic carbocycles. The second-order valence-electron chi connectivity index (χ2n) is 6.06. The number of amides is 1. The fourth-order valence-electron chi connectivity index (χ4n) is 2.83. The van der Waals surface area contributed by atoms with E-state index in [1.54, 1.807) is 16.8 Å². The monoisotopic (exact) mass is 383 g/mol. The number of carbonyl (C=O) groups is 1. The van der Waals surface area contributed by atoms with E-state index in [1.165, 1.54) is 0 Å². The quantitative estimate of drug-likeness (QED) is 0.650. The van der Waals surface area contributed by atoms with Gasteiger partial charge in [-0.05, 0) is 48.9 Å². The van der Waals surface area contributed by atoms with E-state index in [1.807, 2.05) is 43.3 Å². The summed E-state index contributed by atoms with van der Waals surface area (Å²) in [7, 11) is 0. The molecule has 0 saturated carbocycles. The maximum absolute atomic E-state index is 12.8. The topological polar surface area (TPSA) is 71.8 Å². The zero-order chi connectivity index (χ0) is 19.2. The number of hydrogen-bond donors (Lipinski definition) is 2. The van der Waals surface area contributed by atoms with Crippen LogP contribution in [0.15, 0.2) is 48.5 Å². The van der Waals surface area contributed by atoms with Crippen LogP contribution in [-0.2, 0) is 13.0 Å². The first kappa shape index (κ1) is 19.1. The molecule has 0 spiro atoms. The van der Waals surface area contributed by atoms with Crippen LogP contribution in [0.3, 0.4) is 0 Å². The lowest BCUT2D eigenvalue weighted by Crippen LogP contribution is -2.16. The van der Waals surface area contributed by atoms with Crippen LogP contribution in [0.25, 0.3) is 5.69 Å². The summed E-state index contributed by atoms with van der Waals surface area (Å²) < 4.78 is 1.66. The molecule has 1 aromatic heterocycles. The van der Waals surface area contributed by atoms with Gasteiger partial charge in [0.2, 0.25) is 0 Å². The average Bonchev–Trinajstić information content (AvgIpc) is 3.11. The highest BCUT2D eigenvalue weighted by Crippen LogP contribution is 2.19. The van der Waals surface area contributed by atoms with Gasteiger partial charge < -0.3 is 10.6 Å². The second kappa shape index (κ2) is 8.79. The number of aromatic nitrogens is 3. The summed E-state index contributed by atoms with van der Waals surface area (Å²) in [5.74, 6) is -0.277. The SMILES string of the molecule is CCNCc1cccc(NC(=O)c2nnn(-c3cccc(Cl)c3)c2CC)c1. The maximum atomic E-state index is 12.8. The molecule has 0 bridgehead atoms. The van der Waals surface area contributed by atoms with Crippen molar-refractivity contribution in [3.63, 3.8) is 0 Å². The van der Waals surface area contributed by atoms with Crippen molar-refractivity contribution in [2.75, 3.05) is 11.9 Å². The molecule has 7 heteroatoms. The Balaban J connectivity index is 1.83. The van der Waals surface area contributed by atoms with Gasteiger partial charge in [-0.25, -0.2) is 4.68 Å². The van der Waals surface area contributed by atoms with Crippen molar-refractivity contribution in [2.45, 2.75) is 26.8 Å². The van der Waals surface area contributed by atoms with Crippen molar-refractivity contribution in [3.05, 3.63) is 70.5 Å². The van der Waals surface area contributed by atoms with Crippen LogP contribution >= 0.6 is 11.6 Å². The van der Waals surface area contributed by atoms with Crippen LogP contribution in [0, 0.1) is 0 Å². The third kappa shape index (κ3) is 4.53. The Bertz CT molecular complexity index is 938. The summed E-state index contributed by atoms with van der Waals surface area (Å²) in [6, 6.07) is 15.1. The third-order valence-corrected chi connectivity index (χ3v) is 4.36. The van der Waals surface area contributed by atoms with Gasteiger partial charge in [0.1, 0.15) is 0 Å². The molecule has 3 aromatic rings. The molecule has 0 radical (unpaired) electrons. The summed E-state index contributed by atoms with van der Waals surface area (Å²) in [5.41, 5.74) is 3.66. The fraction of sp³-hybridized carbons (Fsp3) is 0.250. The summed E-state index contributed by atoms with van der Waals surface area (Å²) in [6.45, 7) is 5.67. The lowest BCUT2D eigenvalue weighted by Gasteiger charge is -2.08. The van der Waals surface area contributed by atoms with Crippen molar-refractivity contribution in [2.24, 2.45) is 0 Å². The van der Waals surface area contributed by atoms with Gasteiger partial charge in [-0.3, -0.25) is 4.79 Å². The first-order valence-corrected chi connectivity index (χ1v) is 9.31. The highest BCUT2D eigenvalue weighted by Gasteiger charge is 2.19. The predicted molar refractivity (Wildman–Crippen MR) is 108 cm³/mol. The minimum absolute atomic E-state index is 0.277. The summed E-state index contributed by atoms with van der Waals surface area (Å²) >= 11 is 6.07. The number of carbonyl (C=O) groups excluding carboxylic acids is 1. The molecule has 3 rings (SSSR count). The number of nitrogens with one attached hydrogen (secondary N) is 2. The van der Waals surface area contributed by atoms with Crippen molar-refractivity contribution >= 4 is 23.2 Å². The number of hydrogen-bond acceptors (Lipinski definition) is 4. The lowest BCUT2D eigenvalue weighted by molar-refractivity contribution is 0.102. The summed E-state index contributed by atoms with van der Waals surface area (Å²) in [4.78, 5) is 12.8. The Kier molecular flexibility index (Phi) is 6.21. The molecule has 0 aliphatic carbocycles. The maximum Gasteiger partial charge on any atom is 0.278 e. The van der Waals surface area contributed by atoms with Crippen LogP contribution in [0.4, 0.5) is 5.69 Å². The Morgan fingerprint density at radius 3 is 2.70 bits per heavy atom. The van der Waals surface area contributed by atoms with Crippen LogP contribution < -0.4 is 10.6 Å². The van der Waals surface area contributed by atoms with Crippen molar-refractivity contribution < 1.29 is 4.79 Å². The van der Waals surface area contributed by atoms with E-state index in [2.05, 4.69) is 27.9 Å². The third-order valence-electron chi connectivity index (χ3n) is 4.13. The Hall–Kier alpha value is -2.70. The molecule has 0 saturated heterocycles. The molecule has 1 amide bonds. The molecule has 6 nitrogen and oxygen atoms in total. The van der Waals surface area contributed by atoms with Crippen molar-refractivity contribution in [1.82, 2.24) is 20.3 Å². The van der Waals surface area contributed by atoms with Gasteiger partial charge in [0, 0.05) is 17.3 Å². The van der Waals surface area contributed by atoms with E-state index >= 15 is 0 Å². The second-order valence-corrected chi connectivity index (χ2v) is 6.50. The fourth-order valence-corrected chi connectivity index (χ4v) is 3.01. The number of anilines is 1. The smallest absolute Gasteiger partial charge is 0.278 e. The van der Waals surface area contributed by atoms with E-state index < -0.39 is 0 Å². The van der Waals surface area contributed by atoms with Crippen LogP contribution in [0.5, 0.6) is 0 Å². The van der Waals surface area contributed by atoms with E-state index in [0.29, 0.717) is 17.1 Å². The molecular weight excluding hydrogens is 362 g/mol. The lowest BCUT2D eigenvalue weighted by atomic mass is 10.2. The first-order chi connectivity index (χ1) is 13.1. The van der Waals surface area contributed by atoms with Gasteiger partial charge >= 0.3 is 0 Å². The Morgan fingerprint density at radius 2 is 1.96 bits per heavy atom. The minimum atomic E-state index is -0.277. The number of halogens is 1. The molecule has 0 aliphatic heterocycles. The molecule has 0 aliphatic rings. The molecule has 140 valence electrons. The van der Waals surface area contributed by atoms with Crippen LogP contribution in [0.2, 0.25) is 5.02 Å². The Labute approximate surface area is 163 Å². The molecule has 0 atom stereocenters. The van der Waals surface area contributed by atoms with E-state index in [4.69, 9.17) is 11.6 Å². The Morgan fingerprint density at radius 1 is 1.15 bits per heavy atom. The number of rotatable bonds is 7. The molecule has 1 heterocycles. The van der Waals surface area contributed by atoms with E-state index in [0.717, 1.165) is 35.7 Å². The molecule has 0 fully saturated rings. The summed E-state index contributed by atoms with van der Waals surface area (Å²) in [5, 5.41) is 15.1. The first-order valence-electron chi connectivity index (χ1n) is 8.94. The molecular formula is C20H22ClN5O. The van der Waals surface area contributed by atoms with E-state index in [-0.39, 0.29) is 5.91 Å². The average molecular weight is 384 g/mol.